The number of hydrogen-bond acceptors (Lipinski definition) is 5. The van der Waals surface area contributed by atoms with E-state index in [0.29, 0.717) is 30.4 Å². The van der Waals surface area contributed by atoms with Gasteiger partial charge in [-0.05, 0) is 24.1 Å². The topological polar surface area (TPSA) is 81.9 Å². The van der Waals surface area contributed by atoms with E-state index in [2.05, 4.69) is 20.3 Å². The SMILES string of the molecule is COCC1Cn2cc(-c3nc(Cl)ncc3C)nc2C(=O)N1. The van der Waals surface area contributed by atoms with E-state index in [-0.39, 0.29) is 17.2 Å². The second kappa shape index (κ2) is 5.42. The van der Waals surface area contributed by atoms with Crippen LogP contribution in [0.1, 0.15) is 16.2 Å². The minimum atomic E-state index is -0.215. The molecule has 0 aliphatic carbocycles. The van der Waals surface area contributed by atoms with E-state index < -0.39 is 0 Å². The Morgan fingerprint density at radius 1 is 1.52 bits per heavy atom. The van der Waals surface area contributed by atoms with Crippen LogP contribution >= 0.6 is 11.6 Å². The summed E-state index contributed by atoms with van der Waals surface area (Å²) in [4.78, 5) is 24.5. The van der Waals surface area contributed by atoms with E-state index in [1.54, 1.807) is 13.3 Å². The molecule has 2 aromatic heterocycles. The third kappa shape index (κ3) is 2.62. The predicted octanol–water partition coefficient (Wildman–Crippen LogP) is 1.06. The lowest BCUT2D eigenvalue weighted by Gasteiger charge is -2.23. The van der Waals surface area contributed by atoms with Crippen LogP contribution in [-0.4, -0.2) is 45.2 Å². The zero-order chi connectivity index (χ0) is 15.0. The Labute approximate surface area is 126 Å². The summed E-state index contributed by atoms with van der Waals surface area (Å²) >= 11 is 5.83. The van der Waals surface area contributed by atoms with Crippen LogP contribution in [0.3, 0.4) is 0 Å². The number of hydrogen-bond donors (Lipinski definition) is 1. The van der Waals surface area contributed by atoms with E-state index >= 15 is 0 Å². The Balaban J connectivity index is 1.99. The van der Waals surface area contributed by atoms with Crippen LogP contribution in [0.2, 0.25) is 5.28 Å². The summed E-state index contributed by atoms with van der Waals surface area (Å²) in [6.07, 6.45) is 3.44. The van der Waals surface area contributed by atoms with E-state index in [0.717, 1.165) is 5.56 Å². The summed E-state index contributed by atoms with van der Waals surface area (Å²) in [5, 5.41) is 3.01. The van der Waals surface area contributed by atoms with Crippen LogP contribution in [0.25, 0.3) is 11.4 Å². The average Bonchev–Trinajstić information content (AvgIpc) is 2.86. The Morgan fingerprint density at radius 3 is 3.10 bits per heavy atom. The molecule has 21 heavy (non-hydrogen) atoms. The van der Waals surface area contributed by atoms with Gasteiger partial charge in [0, 0.05) is 26.0 Å². The van der Waals surface area contributed by atoms with Crippen molar-refractivity contribution in [3.63, 3.8) is 0 Å². The highest BCUT2D eigenvalue weighted by molar-refractivity contribution is 6.28. The van der Waals surface area contributed by atoms with E-state index in [1.165, 1.54) is 0 Å². The normalized spacial score (nSPS) is 17.5. The first-order chi connectivity index (χ1) is 10.1. The van der Waals surface area contributed by atoms with Crippen molar-refractivity contribution in [1.82, 2.24) is 24.8 Å². The van der Waals surface area contributed by atoms with Crippen LogP contribution in [0.4, 0.5) is 0 Å². The smallest absolute Gasteiger partial charge is 0.287 e. The van der Waals surface area contributed by atoms with Crippen molar-refractivity contribution in [2.24, 2.45) is 0 Å². The van der Waals surface area contributed by atoms with Crippen molar-refractivity contribution >= 4 is 17.5 Å². The Bertz CT molecular complexity index is 700. The van der Waals surface area contributed by atoms with Gasteiger partial charge in [0.25, 0.3) is 5.91 Å². The molecule has 1 amide bonds. The van der Waals surface area contributed by atoms with Gasteiger partial charge < -0.3 is 14.6 Å². The first-order valence-electron chi connectivity index (χ1n) is 6.45. The van der Waals surface area contributed by atoms with Crippen LogP contribution in [-0.2, 0) is 11.3 Å². The molecule has 1 atom stereocenters. The van der Waals surface area contributed by atoms with E-state index in [1.807, 2.05) is 17.7 Å². The van der Waals surface area contributed by atoms with Gasteiger partial charge in [0.15, 0.2) is 5.82 Å². The fourth-order valence-corrected chi connectivity index (χ4v) is 2.49. The Morgan fingerprint density at radius 2 is 2.33 bits per heavy atom. The highest BCUT2D eigenvalue weighted by Gasteiger charge is 2.27. The number of nitrogens with one attached hydrogen (secondary N) is 1. The summed E-state index contributed by atoms with van der Waals surface area (Å²) < 4.78 is 6.90. The van der Waals surface area contributed by atoms with Crippen molar-refractivity contribution in [2.45, 2.75) is 19.5 Å². The molecule has 8 heteroatoms. The molecule has 0 spiro atoms. The lowest BCUT2D eigenvalue weighted by Crippen LogP contribution is -2.46. The zero-order valence-electron chi connectivity index (χ0n) is 11.6. The van der Waals surface area contributed by atoms with Gasteiger partial charge in [-0.1, -0.05) is 0 Å². The number of carbonyl (C=O) groups excluding carboxylic acids is 1. The predicted molar refractivity (Wildman–Crippen MR) is 76.1 cm³/mol. The number of aryl methyl sites for hydroxylation is 1. The van der Waals surface area contributed by atoms with Gasteiger partial charge in [-0.3, -0.25) is 4.79 Å². The van der Waals surface area contributed by atoms with Gasteiger partial charge in [0.05, 0.1) is 18.3 Å². The quantitative estimate of drug-likeness (QED) is 0.857. The summed E-state index contributed by atoms with van der Waals surface area (Å²) in [5.41, 5.74) is 2.09. The molecule has 0 bridgehead atoms. The number of methoxy groups -OCH3 is 1. The number of amides is 1. The third-order valence-corrected chi connectivity index (χ3v) is 3.47. The second-order valence-electron chi connectivity index (χ2n) is 4.90. The summed E-state index contributed by atoms with van der Waals surface area (Å²) in [5.74, 6) is 0.152. The van der Waals surface area contributed by atoms with E-state index in [4.69, 9.17) is 16.3 Å². The molecule has 3 rings (SSSR count). The number of ether oxygens (including phenoxy) is 1. The Kier molecular flexibility index (Phi) is 3.60. The first kappa shape index (κ1) is 14.0. The van der Waals surface area contributed by atoms with Crippen LogP contribution in [0, 0.1) is 6.92 Å². The molecule has 0 fully saturated rings. The van der Waals surface area contributed by atoms with Gasteiger partial charge in [0.2, 0.25) is 5.28 Å². The van der Waals surface area contributed by atoms with Crippen molar-refractivity contribution in [2.75, 3.05) is 13.7 Å². The van der Waals surface area contributed by atoms with Crippen LogP contribution in [0.15, 0.2) is 12.4 Å². The van der Waals surface area contributed by atoms with Crippen molar-refractivity contribution in [3.8, 4) is 11.4 Å². The minimum Gasteiger partial charge on any atom is -0.382 e. The number of aromatic nitrogens is 4. The maximum Gasteiger partial charge on any atom is 0.287 e. The molecular weight excluding hydrogens is 294 g/mol. The van der Waals surface area contributed by atoms with E-state index in [9.17, 15) is 4.79 Å². The highest BCUT2D eigenvalue weighted by atomic mass is 35.5. The monoisotopic (exact) mass is 307 g/mol. The van der Waals surface area contributed by atoms with Crippen LogP contribution < -0.4 is 5.32 Å². The van der Waals surface area contributed by atoms with Gasteiger partial charge in [-0.2, -0.15) is 0 Å². The second-order valence-corrected chi connectivity index (χ2v) is 5.24. The van der Waals surface area contributed by atoms with Gasteiger partial charge in [-0.15, -0.1) is 0 Å². The van der Waals surface area contributed by atoms with Gasteiger partial charge in [0.1, 0.15) is 5.69 Å². The number of carbonyl (C=O) groups is 1. The van der Waals surface area contributed by atoms with Crippen molar-refractivity contribution in [1.29, 1.82) is 0 Å². The molecule has 1 aliphatic rings. The Hall–Kier alpha value is -1.99. The summed E-state index contributed by atoms with van der Waals surface area (Å²) in [6, 6.07) is -0.0628. The minimum absolute atomic E-state index is 0.0628. The number of imidazole rings is 1. The fraction of sp³-hybridized carbons (Fsp3) is 0.385. The van der Waals surface area contributed by atoms with Crippen molar-refractivity contribution < 1.29 is 9.53 Å². The molecule has 2 aromatic rings. The molecule has 7 nitrogen and oxygen atoms in total. The fourth-order valence-electron chi connectivity index (χ4n) is 2.36. The molecule has 0 aromatic carbocycles. The molecule has 1 N–H and O–H groups in total. The zero-order valence-corrected chi connectivity index (χ0v) is 12.4. The number of fused-ring (bicyclic) bond motifs is 1. The summed E-state index contributed by atoms with van der Waals surface area (Å²) in [7, 11) is 1.60. The molecule has 0 saturated heterocycles. The lowest BCUT2D eigenvalue weighted by molar-refractivity contribution is 0.0833. The molecule has 0 radical (unpaired) electrons. The number of nitrogens with zero attached hydrogens (tertiary/aromatic N) is 4. The van der Waals surface area contributed by atoms with Gasteiger partial charge in [-0.25, -0.2) is 15.0 Å². The maximum atomic E-state index is 12.1. The van der Waals surface area contributed by atoms with Gasteiger partial charge >= 0.3 is 0 Å². The van der Waals surface area contributed by atoms with Crippen LogP contribution in [0.5, 0.6) is 0 Å². The summed E-state index contributed by atoms with van der Waals surface area (Å²) in [6.45, 7) is 2.94. The first-order valence-corrected chi connectivity index (χ1v) is 6.82. The maximum absolute atomic E-state index is 12.1. The van der Waals surface area contributed by atoms with Crippen molar-refractivity contribution in [3.05, 3.63) is 29.1 Å². The number of halogens is 1. The largest absolute Gasteiger partial charge is 0.382 e. The molecule has 1 unspecified atom stereocenters. The molecular formula is C13H14ClN5O2. The molecule has 1 aliphatic heterocycles. The molecule has 3 heterocycles. The third-order valence-electron chi connectivity index (χ3n) is 3.28. The highest BCUT2D eigenvalue weighted by Crippen LogP contribution is 2.22. The number of rotatable bonds is 3. The molecule has 110 valence electrons. The lowest BCUT2D eigenvalue weighted by atomic mass is 10.2. The standard InChI is InChI=1S/C13H14ClN5O2/c1-7-3-15-13(14)18-10(7)9-5-19-4-8(6-21-2)16-12(20)11(19)17-9/h3,5,8H,4,6H2,1-2H3,(H,16,20). The average molecular weight is 308 g/mol. The molecule has 0 saturated carbocycles.